The van der Waals surface area contributed by atoms with Gasteiger partial charge in [0, 0.05) is 5.56 Å². The summed E-state index contributed by atoms with van der Waals surface area (Å²) in [5.41, 5.74) is 1.42. The number of ether oxygens (including phenoxy) is 2. The maximum atomic E-state index is 12.6. The number of carbonyl (C=O) groups excluding carboxylic acids is 2. The summed E-state index contributed by atoms with van der Waals surface area (Å²) < 4.78 is 10.9. The summed E-state index contributed by atoms with van der Waals surface area (Å²) in [4.78, 5) is 25.1. The van der Waals surface area contributed by atoms with Gasteiger partial charge in [-0.15, -0.1) is 0 Å². The van der Waals surface area contributed by atoms with Crippen LogP contribution in [0.3, 0.4) is 0 Å². The number of hydrogen-bond donors (Lipinski definition) is 2. The van der Waals surface area contributed by atoms with Crippen molar-refractivity contribution >= 4 is 11.8 Å². The van der Waals surface area contributed by atoms with Crippen molar-refractivity contribution in [1.29, 1.82) is 0 Å². The highest BCUT2D eigenvalue weighted by Gasteiger charge is 2.19. The average molecular weight is 418 g/mol. The van der Waals surface area contributed by atoms with Crippen molar-refractivity contribution in [3.63, 3.8) is 0 Å². The van der Waals surface area contributed by atoms with E-state index in [1.807, 2.05) is 60.7 Å². The standard InChI is InChI=1S/C25H26N2O4/c1-30-22-14-8-9-15-23(22)31-17-16-26-24(28)18-21(19-10-4-2-5-11-19)27-25(29)20-12-6-3-7-13-20/h2-15,21H,16-18H2,1H3,(H,26,28)(H,27,29)/t21-/m0/s1. The van der Waals surface area contributed by atoms with Crippen molar-refractivity contribution in [1.82, 2.24) is 10.6 Å². The fourth-order valence-electron chi connectivity index (χ4n) is 3.12. The number of rotatable bonds is 10. The van der Waals surface area contributed by atoms with Crippen LogP contribution in [0.5, 0.6) is 11.5 Å². The lowest BCUT2D eigenvalue weighted by Crippen LogP contribution is -2.35. The van der Waals surface area contributed by atoms with Gasteiger partial charge in [0.25, 0.3) is 5.91 Å². The van der Waals surface area contributed by atoms with Crippen LogP contribution in [0, 0.1) is 0 Å². The lowest BCUT2D eigenvalue weighted by molar-refractivity contribution is -0.121. The van der Waals surface area contributed by atoms with Gasteiger partial charge < -0.3 is 20.1 Å². The van der Waals surface area contributed by atoms with Gasteiger partial charge in [-0.1, -0.05) is 60.7 Å². The molecule has 0 aliphatic carbocycles. The van der Waals surface area contributed by atoms with Crippen LogP contribution in [0.2, 0.25) is 0 Å². The Morgan fingerprint density at radius 3 is 2.13 bits per heavy atom. The van der Waals surface area contributed by atoms with E-state index in [9.17, 15) is 9.59 Å². The van der Waals surface area contributed by atoms with Gasteiger partial charge in [-0.25, -0.2) is 0 Å². The molecule has 0 heterocycles. The first-order chi connectivity index (χ1) is 15.2. The van der Waals surface area contributed by atoms with Crippen molar-refractivity contribution in [2.75, 3.05) is 20.3 Å². The third-order valence-electron chi connectivity index (χ3n) is 4.68. The molecule has 3 aromatic rings. The molecule has 6 nitrogen and oxygen atoms in total. The van der Waals surface area contributed by atoms with E-state index in [1.165, 1.54) is 0 Å². The van der Waals surface area contributed by atoms with Gasteiger partial charge in [0.1, 0.15) is 6.61 Å². The molecule has 0 unspecified atom stereocenters. The Hall–Kier alpha value is -3.80. The SMILES string of the molecule is COc1ccccc1OCCNC(=O)C[C@H](NC(=O)c1ccccc1)c1ccccc1. The van der Waals surface area contributed by atoms with Crippen molar-refractivity contribution < 1.29 is 19.1 Å². The lowest BCUT2D eigenvalue weighted by Gasteiger charge is -2.19. The Labute approximate surface area is 182 Å². The summed E-state index contributed by atoms with van der Waals surface area (Å²) in [5, 5.41) is 5.81. The van der Waals surface area contributed by atoms with Crippen LogP contribution >= 0.6 is 0 Å². The molecule has 0 aromatic heterocycles. The number of benzene rings is 3. The minimum Gasteiger partial charge on any atom is -0.493 e. The van der Waals surface area contributed by atoms with Crippen molar-refractivity contribution in [3.8, 4) is 11.5 Å². The van der Waals surface area contributed by atoms with Crippen LogP contribution in [-0.2, 0) is 4.79 Å². The molecule has 0 spiro atoms. The van der Waals surface area contributed by atoms with Gasteiger partial charge >= 0.3 is 0 Å². The van der Waals surface area contributed by atoms with E-state index in [0.29, 0.717) is 30.2 Å². The van der Waals surface area contributed by atoms with Crippen molar-refractivity contribution in [2.24, 2.45) is 0 Å². The van der Waals surface area contributed by atoms with E-state index in [2.05, 4.69) is 10.6 Å². The Balaban J connectivity index is 1.55. The largest absolute Gasteiger partial charge is 0.493 e. The number of para-hydroxylation sites is 2. The molecule has 6 heteroatoms. The maximum Gasteiger partial charge on any atom is 0.251 e. The fourth-order valence-corrected chi connectivity index (χ4v) is 3.12. The van der Waals surface area contributed by atoms with Crippen molar-refractivity contribution in [2.45, 2.75) is 12.5 Å². The number of amides is 2. The van der Waals surface area contributed by atoms with E-state index in [0.717, 1.165) is 5.56 Å². The Morgan fingerprint density at radius 1 is 0.839 bits per heavy atom. The smallest absolute Gasteiger partial charge is 0.251 e. The first-order valence-electron chi connectivity index (χ1n) is 10.1. The molecule has 0 fully saturated rings. The minimum atomic E-state index is -0.441. The molecule has 0 saturated heterocycles. The monoisotopic (exact) mass is 418 g/mol. The summed E-state index contributed by atoms with van der Waals surface area (Å²) in [6, 6.07) is 25.3. The molecule has 0 saturated carbocycles. The molecule has 0 bridgehead atoms. The fraction of sp³-hybridized carbons (Fsp3) is 0.200. The summed E-state index contributed by atoms with van der Waals surface area (Å²) in [5.74, 6) is 0.866. The molecule has 1 atom stereocenters. The number of carbonyl (C=O) groups is 2. The molecule has 2 amide bonds. The van der Waals surface area contributed by atoms with Crippen LogP contribution in [0.15, 0.2) is 84.9 Å². The van der Waals surface area contributed by atoms with Crippen LogP contribution < -0.4 is 20.1 Å². The number of hydrogen-bond acceptors (Lipinski definition) is 4. The highest BCUT2D eigenvalue weighted by atomic mass is 16.5. The van der Waals surface area contributed by atoms with Gasteiger partial charge in [-0.05, 0) is 29.8 Å². The third-order valence-corrected chi connectivity index (χ3v) is 4.68. The van der Waals surface area contributed by atoms with Gasteiger partial charge in [0.05, 0.1) is 26.1 Å². The maximum absolute atomic E-state index is 12.6. The predicted molar refractivity (Wildman–Crippen MR) is 119 cm³/mol. The van der Waals surface area contributed by atoms with Crippen molar-refractivity contribution in [3.05, 3.63) is 96.1 Å². The molecule has 0 radical (unpaired) electrons. The lowest BCUT2D eigenvalue weighted by atomic mass is 10.0. The van der Waals surface area contributed by atoms with Crippen LogP contribution in [0.4, 0.5) is 0 Å². The number of methoxy groups -OCH3 is 1. The molecule has 0 aliphatic rings. The first-order valence-corrected chi connectivity index (χ1v) is 10.1. The highest BCUT2D eigenvalue weighted by molar-refractivity contribution is 5.94. The van der Waals surface area contributed by atoms with Gasteiger partial charge in [0.2, 0.25) is 5.91 Å². The van der Waals surface area contributed by atoms with Crippen LogP contribution in [0.1, 0.15) is 28.4 Å². The van der Waals surface area contributed by atoms with Gasteiger partial charge in [0.15, 0.2) is 11.5 Å². The Bertz CT molecular complexity index is 977. The predicted octanol–water partition coefficient (Wildman–Crippen LogP) is 3.75. The Morgan fingerprint density at radius 2 is 1.45 bits per heavy atom. The van der Waals surface area contributed by atoms with E-state index in [-0.39, 0.29) is 18.2 Å². The van der Waals surface area contributed by atoms with Gasteiger partial charge in [-0.2, -0.15) is 0 Å². The second kappa shape index (κ2) is 11.4. The highest BCUT2D eigenvalue weighted by Crippen LogP contribution is 2.25. The van der Waals surface area contributed by atoms with E-state index in [4.69, 9.17) is 9.47 Å². The van der Waals surface area contributed by atoms with Gasteiger partial charge in [-0.3, -0.25) is 9.59 Å². The summed E-state index contributed by atoms with van der Waals surface area (Å²) in [6.45, 7) is 0.642. The Kier molecular flexibility index (Phi) is 8.05. The average Bonchev–Trinajstić information content (AvgIpc) is 2.82. The van der Waals surface area contributed by atoms with E-state index in [1.54, 1.807) is 31.4 Å². The molecule has 3 aromatic carbocycles. The summed E-state index contributed by atoms with van der Waals surface area (Å²) in [6.07, 6.45) is 0.122. The quantitative estimate of drug-likeness (QED) is 0.492. The van der Waals surface area contributed by atoms with Crippen LogP contribution in [0.25, 0.3) is 0 Å². The topological polar surface area (TPSA) is 76.7 Å². The minimum absolute atomic E-state index is 0.122. The summed E-state index contributed by atoms with van der Waals surface area (Å²) >= 11 is 0. The zero-order valence-corrected chi connectivity index (χ0v) is 17.4. The molecule has 2 N–H and O–H groups in total. The van der Waals surface area contributed by atoms with Crippen LogP contribution in [-0.4, -0.2) is 32.1 Å². The third kappa shape index (κ3) is 6.60. The molecule has 31 heavy (non-hydrogen) atoms. The first kappa shape index (κ1) is 21.9. The van der Waals surface area contributed by atoms with E-state index < -0.39 is 6.04 Å². The molecular weight excluding hydrogens is 392 g/mol. The normalized spacial score (nSPS) is 11.3. The zero-order valence-electron chi connectivity index (χ0n) is 17.4. The van der Waals surface area contributed by atoms with E-state index >= 15 is 0 Å². The second-order valence-electron chi connectivity index (χ2n) is 6.86. The molecule has 0 aliphatic heterocycles. The number of nitrogens with one attached hydrogen (secondary N) is 2. The second-order valence-corrected chi connectivity index (χ2v) is 6.86. The molecule has 160 valence electrons. The summed E-state index contributed by atoms with van der Waals surface area (Å²) in [7, 11) is 1.58. The molecule has 3 rings (SSSR count). The molecular formula is C25H26N2O4. The zero-order chi connectivity index (χ0) is 21.9.